The molecule has 1 aromatic heterocycles. The lowest BCUT2D eigenvalue weighted by Gasteiger charge is -2.22. The minimum Gasteiger partial charge on any atom is -0.383 e. The van der Waals surface area contributed by atoms with E-state index >= 15 is 0 Å². The first-order valence-electron chi connectivity index (χ1n) is 7.31. The first-order valence-corrected chi connectivity index (χ1v) is 8.13. The molecular formula is C18H15F2NO2S. The van der Waals surface area contributed by atoms with Crippen molar-refractivity contribution in [3.05, 3.63) is 70.6 Å². The summed E-state index contributed by atoms with van der Waals surface area (Å²) in [5.74, 6) is -2.38. The highest BCUT2D eigenvalue weighted by molar-refractivity contribution is 7.19. The van der Waals surface area contributed by atoms with Crippen molar-refractivity contribution in [3.63, 3.8) is 0 Å². The molecule has 0 aliphatic carbocycles. The van der Waals surface area contributed by atoms with E-state index in [-0.39, 0.29) is 12.1 Å². The number of benzene rings is 2. The summed E-state index contributed by atoms with van der Waals surface area (Å²) >= 11 is 1.43. The topological polar surface area (TPSA) is 49.3 Å². The van der Waals surface area contributed by atoms with Crippen LogP contribution in [-0.4, -0.2) is 17.6 Å². The van der Waals surface area contributed by atoms with Crippen molar-refractivity contribution in [2.45, 2.75) is 12.5 Å². The van der Waals surface area contributed by atoms with Gasteiger partial charge in [-0.2, -0.15) is 0 Å². The Balaban J connectivity index is 1.75. The van der Waals surface area contributed by atoms with Gasteiger partial charge in [0.25, 0.3) is 5.91 Å². The molecular weight excluding hydrogens is 332 g/mol. The fourth-order valence-corrected chi connectivity index (χ4v) is 3.46. The third-order valence-corrected chi connectivity index (χ3v) is 5.09. The van der Waals surface area contributed by atoms with Crippen LogP contribution in [0.4, 0.5) is 8.78 Å². The van der Waals surface area contributed by atoms with E-state index in [1.54, 1.807) is 6.92 Å². The van der Waals surface area contributed by atoms with Gasteiger partial charge in [-0.15, -0.1) is 11.3 Å². The average molecular weight is 347 g/mol. The second kappa shape index (κ2) is 6.30. The summed E-state index contributed by atoms with van der Waals surface area (Å²) < 4.78 is 27.6. The van der Waals surface area contributed by atoms with E-state index in [1.165, 1.54) is 11.3 Å². The first kappa shape index (κ1) is 16.5. The molecule has 2 N–H and O–H groups in total. The fraction of sp³-hybridized carbons (Fsp3) is 0.167. The van der Waals surface area contributed by atoms with Gasteiger partial charge < -0.3 is 10.4 Å². The van der Waals surface area contributed by atoms with Crippen LogP contribution in [0.3, 0.4) is 0 Å². The van der Waals surface area contributed by atoms with Crippen molar-refractivity contribution in [1.29, 1.82) is 0 Å². The molecule has 0 saturated carbocycles. The average Bonchev–Trinajstić information content (AvgIpc) is 2.98. The Morgan fingerprint density at radius 2 is 1.96 bits per heavy atom. The van der Waals surface area contributed by atoms with Crippen molar-refractivity contribution in [1.82, 2.24) is 5.32 Å². The van der Waals surface area contributed by atoms with E-state index in [4.69, 9.17) is 0 Å². The largest absolute Gasteiger partial charge is 0.383 e. The Bertz CT molecular complexity index is 872. The summed E-state index contributed by atoms with van der Waals surface area (Å²) in [6, 6.07) is 12.3. The molecule has 24 heavy (non-hydrogen) atoms. The van der Waals surface area contributed by atoms with Gasteiger partial charge in [0.2, 0.25) is 0 Å². The van der Waals surface area contributed by atoms with E-state index < -0.39 is 23.1 Å². The van der Waals surface area contributed by atoms with Gasteiger partial charge in [-0.05, 0) is 36.6 Å². The van der Waals surface area contributed by atoms with Crippen molar-refractivity contribution in [2.75, 3.05) is 6.54 Å². The molecule has 3 nitrogen and oxygen atoms in total. The van der Waals surface area contributed by atoms with Crippen LogP contribution < -0.4 is 5.32 Å². The molecule has 1 atom stereocenters. The summed E-state index contributed by atoms with van der Waals surface area (Å²) in [6.07, 6.45) is 0. The zero-order chi connectivity index (χ0) is 17.3. The molecule has 2 aromatic carbocycles. The Labute approximate surface area is 141 Å². The number of hydrogen-bond donors (Lipinski definition) is 2. The molecule has 124 valence electrons. The van der Waals surface area contributed by atoms with Gasteiger partial charge in [0.05, 0.1) is 12.1 Å². The number of amides is 1. The van der Waals surface area contributed by atoms with Crippen molar-refractivity contribution in [2.24, 2.45) is 0 Å². The summed E-state index contributed by atoms with van der Waals surface area (Å²) in [4.78, 5) is 12.7. The lowest BCUT2D eigenvalue weighted by atomic mass is 10.0. The molecule has 0 fully saturated rings. The van der Waals surface area contributed by atoms with Crippen LogP contribution in [-0.2, 0) is 5.60 Å². The summed E-state index contributed by atoms with van der Waals surface area (Å²) in [5.41, 5.74) is -1.56. The standard InChI is InChI=1S/C18H15F2NO2S/c1-18(23,16-8-11-4-2-3-5-15(11)24-16)10-21-17(22)13-7-6-12(19)9-14(13)20/h2-9,23H,10H2,1H3,(H,21,22). The van der Waals surface area contributed by atoms with E-state index in [9.17, 15) is 18.7 Å². The van der Waals surface area contributed by atoms with Crippen LogP contribution in [0.2, 0.25) is 0 Å². The van der Waals surface area contributed by atoms with E-state index in [2.05, 4.69) is 5.32 Å². The highest BCUT2D eigenvalue weighted by atomic mass is 32.1. The normalized spacial score (nSPS) is 13.7. The number of hydrogen-bond acceptors (Lipinski definition) is 3. The van der Waals surface area contributed by atoms with Gasteiger partial charge >= 0.3 is 0 Å². The number of nitrogens with one attached hydrogen (secondary N) is 1. The molecule has 0 aliphatic heterocycles. The molecule has 1 unspecified atom stereocenters. The Morgan fingerprint density at radius 3 is 2.67 bits per heavy atom. The second-order valence-electron chi connectivity index (χ2n) is 5.73. The van der Waals surface area contributed by atoms with Gasteiger partial charge in [-0.1, -0.05) is 18.2 Å². The number of halogens is 2. The Kier molecular flexibility index (Phi) is 4.34. The zero-order valence-corrected chi connectivity index (χ0v) is 13.7. The van der Waals surface area contributed by atoms with Crippen LogP contribution in [0.15, 0.2) is 48.5 Å². The van der Waals surface area contributed by atoms with Crippen LogP contribution in [0.25, 0.3) is 10.1 Å². The van der Waals surface area contributed by atoms with E-state index in [0.29, 0.717) is 10.9 Å². The Morgan fingerprint density at radius 1 is 1.21 bits per heavy atom. The fourth-order valence-electron chi connectivity index (χ4n) is 2.36. The maximum atomic E-state index is 13.6. The Hall–Kier alpha value is -2.31. The molecule has 0 saturated heterocycles. The lowest BCUT2D eigenvalue weighted by Crippen LogP contribution is -2.38. The summed E-state index contributed by atoms with van der Waals surface area (Å²) in [7, 11) is 0. The number of thiophene rings is 1. The maximum Gasteiger partial charge on any atom is 0.254 e. The monoisotopic (exact) mass is 347 g/mol. The SMILES string of the molecule is CC(O)(CNC(=O)c1ccc(F)cc1F)c1cc2ccccc2s1. The molecule has 0 bridgehead atoms. The molecule has 3 rings (SSSR count). The van der Waals surface area contributed by atoms with Gasteiger partial charge in [-0.25, -0.2) is 8.78 Å². The van der Waals surface area contributed by atoms with Gasteiger partial charge in [-0.3, -0.25) is 4.79 Å². The highest BCUT2D eigenvalue weighted by Gasteiger charge is 2.27. The first-order chi connectivity index (χ1) is 11.4. The van der Waals surface area contributed by atoms with Gasteiger partial charge in [0.15, 0.2) is 0 Å². The number of carbonyl (C=O) groups is 1. The predicted octanol–water partition coefficient (Wildman–Crippen LogP) is 3.82. The van der Waals surface area contributed by atoms with E-state index in [0.717, 1.165) is 22.2 Å². The van der Waals surface area contributed by atoms with E-state index in [1.807, 2.05) is 30.3 Å². The van der Waals surface area contributed by atoms with Crippen molar-refractivity contribution in [3.8, 4) is 0 Å². The van der Waals surface area contributed by atoms with Crippen LogP contribution in [0, 0.1) is 11.6 Å². The zero-order valence-electron chi connectivity index (χ0n) is 12.8. The van der Waals surface area contributed by atoms with Crippen molar-refractivity contribution >= 4 is 27.3 Å². The summed E-state index contributed by atoms with van der Waals surface area (Å²) in [6.45, 7) is 1.49. The highest BCUT2D eigenvalue weighted by Crippen LogP contribution is 2.32. The molecule has 0 radical (unpaired) electrons. The molecule has 3 aromatic rings. The third kappa shape index (κ3) is 3.29. The molecule has 6 heteroatoms. The summed E-state index contributed by atoms with van der Waals surface area (Å²) in [5, 5.41) is 14.1. The lowest BCUT2D eigenvalue weighted by molar-refractivity contribution is 0.0556. The third-order valence-electron chi connectivity index (χ3n) is 3.73. The number of rotatable bonds is 4. The predicted molar refractivity (Wildman–Crippen MR) is 90.1 cm³/mol. The number of fused-ring (bicyclic) bond motifs is 1. The minimum absolute atomic E-state index is 0.0878. The van der Waals surface area contributed by atoms with Crippen molar-refractivity contribution < 1.29 is 18.7 Å². The van der Waals surface area contributed by atoms with Gasteiger partial charge in [0.1, 0.15) is 17.2 Å². The smallest absolute Gasteiger partial charge is 0.254 e. The number of aliphatic hydroxyl groups is 1. The minimum atomic E-state index is -1.30. The van der Waals surface area contributed by atoms with Crippen LogP contribution in [0.1, 0.15) is 22.2 Å². The molecule has 0 aliphatic rings. The molecule has 0 spiro atoms. The van der Waals surface area contributed by atoms with Crippen LogP contribution in [0.5, 0.6) is 0 Å². The molecule has 1 amide bonds. The van der Waals surface area contributed by atoms with Gasteiger partial charge in [0, 0.05) is 15.6 Å². The molecule has 1 heterocycles. The van der Waals surface area contributed by atoms with Crippen LogP contribution >= 0.6 is 11.3 Å². The second-order valence-corrected chi connectivity index (χ2v) is 6.81. The quantitative estimate of drug-likeness (QED) is 0.754. The number of carbonyl (C=O) groups excluding carboxylic acids is 1. The maximum absolute atomic E-state index is 13.6.